The molecule has 0 aromatic rings. The maximum atomic E-state index is 11.0. The minimum atomic E-state index is -4.04. The van der Waals surface area contributed by atoms with Crippen molar-refractivity contribution in [3.8, 4) is 0 Å². The van der Waals surface area contributed by atoms with Gasteiger partial charge in [-0.05, 0) is 13.8 Å². The normalized spacial score (nSPS) is 13.5. The molecule has 0 aliphatic carbocycles. The summed E-state index contributed by atoms with van der Waals surface area (Å²) >= 11 is 0. The molecule has 0 aliphatic rings. The highest BCUT2D eigenvalue weighted by molar-refractivity contribution is 7.85. The Morgan fingerprint density at radius 2 is 2.08 bits per heavy atom. The topological polar surface area (TPSA) is 83.5 Å². The molecule has 0 aliphatic heterocycles. The molecule has 1 atom stereocenters. The summed E-state index contributed by atoms with van der Waals surface area (Å²) in [7, 11) is -4.04. The highest BCUT2D eigenvalue weighted by Crippen LogP contribution is 1.92. The molecule has 5 nitrogen and oxygen atoms in total. The zero-order valence-electron chi connectivity index (χ0n) is 7.57. The van der Waals surface area contributed by atoms with Crippen LogP contribution in [-0.4, -0.2) is 30.7 Å². The first kappa shape index (κ1) is 12.1. The van der Waals surface area contributed by atoms with Crippen LogP contribution in [0.15, 0.2) is 12.2 Å². The van der Waals surface area contributed by atoms with Crippen molar-refractivity contribution in [3.05, 3.63) is 12.2 Å². The lowest BCUT2D eigenvalue weighted by atomic mass is 10.3. The Bertz CT molecular complexity index is 306. The monoisotopic (exact) mass is 207 g/mol. The molecule has 0 saturated heterocycles. The van der Waals surface area contributed by atoms with Gasteiger partial charge in [-0.15, -0.1) is 0 Å². The summed E-state index contributed by atoms with van der Waals surface area (Å²) in [5, 5.41) is 2.36. The van der Waals surface area contributed by atoms with Gasteiger partial charge in [-0.3, -0.25) is 9.35 Å². The lowest BCUT2D eigenvalue weighted by Crippen LogP contribution is -2.37. The molecule has 6 heteroatoms. The first-order chi connectivity index (χ1) is 5.72. The van der Waals surface area contributed by atoms with Gasteiger partial charge < -0.3 is 5.32 Å². The molecule has 0 aromatic heterocycles. The van der Waals surface area contributed by atoms with E-state index in [-0.39, 0.29) is 0 Å². The Labute approximate surface area is 77.6 Å². The van der Waals surface area contributed by atoms with E-state index in [1.807, 2.05) is 0 Å². The van der Waals surface area contributed by atoms with Gasteiger partial charge in [-0.2, -0.15) is 8.42 Å². The predicted octanol–water partition coefficient (Wildman–Crippen LogP) is -0.0450. The van der Waals surface area contributed by atoms with Gasteiger partial charge in [0.15, 0.2) is 0 Å². The Hall–Kier alpha value is -0.880. The smallest absolute Gasteiger partial charge is 0.266 e. The number of carbonyl (C=O) groups is 1. The molecule has 1 amide bonds. The van der Waals surface area contributed by atoms with Gasteiger partial charge in [0.2, 0.25) is 5.91 Å². The van der Waals surface area contributed by atoms with E-state index in [0.29, 0.717) is 5.57 Å². The molecule has 0 radical (unpaired) electrons. The Balaban J connectivity index is 4.10. The molecular formula is C7H13NO4S. The van der Waals surface area contributed by atoms with Crippen LogP contribution in [0.2, 0.25) is 0 Å². The van der Waals surface area contributed by atoms with Crippen molar-refractivity contribution in [2.24, 2.45) is 0 Å². The average Bonchev–Trinajstić information content (AvgIpc) is 1.81. The number of carbonyl (C=O) groups excluding carboxylic acids is 1. The lowest BCUT2D eigenvalue weighted by Gasteiger charge is -2.11. The second-order valence-electron chi connectivity index (χ2n) is 2.90. The molecule has 0 bridgehead atoms. The Morgan fingerprint density at radius 3 is 2.38 bits per heavy atom. The van der Waals surface area contributed by atoms with E-state index in [4.69, 9.17) is 4.55 Å². The summed E-state index contributed by atoms with van der Waals surface area (Å²) in [4.78, 5) is 11.0. The van der Waals surface area contributed by atoms with Crippen molar-refractivity contribution in [1.29, 1.82) is 0 Å². The highest BCUT2D eigenvalue weighted by atomic mass is 32.2. The fraction of sp³-hybridized carbons (Fsp3) is 0.571. The predicted molar refractivity (Wildman–Crippen MR) is 48.8 cm³/mol. The van der Waals surface area contributed by atoms with Gasteiger partial charge in [0, 0.05) is 11.6 Å². The van der Waals surface area contributed by atoms with Gasteiger partial charge in [-0.1, -0.05) is 6.58 Å². The number of rotatable bonds is 4. The molecule has 0 unspecified atom stereocenters. The van der Waals surface area contributed by atoms with E-state index in [0.717, 1.165) is 0 Å². The van der Waals surface area contributed by atoms with Crippen LogP contribution < -0.4 is 5.32 Å². The number of nitrogens with one attached hydrogen (secondary N) is 1. The van der Waals surface area contributed by atoms with Gasteiger partial charge >= 0.3 is 0 Å². The van der Waals surface area contributed by atoms with Gasteiger partial charge in [0.25, 0.3) is 10.1 Å². The van der Waals surface area contributed by atoms with Crippen molar-refractivity contribution in [3.63, 3.8) is 0 Å². The molecule has 0 heterocycles. The van der Waals surface area contributed by atoms with Crippen LogP contribution in [0.1, 0.15) is 13.8 Å². The number of hydrogen-bond donors (Lipinski definition) is 2. The van der Waals surface area contributed by atoms with E-state index in [1.165, 1.54) is 13.8 Å². The van der Waals surface area contributed by atoms with Crippen molar-refractivity contribution in [1.82, 2.24) is 5.32 Å². The first-order valence-electron chi connectivity index (χ1n) is 3.64. The van der Waals surface area contributed by atoms with E-state index >= 15 is 0 Å². The van der Waals surface area contributed by atoms with Crippen molar-refractivity contribution >= 4 is 16.0 Å². The molecule has 76 valence electrons. The van der Waals surface area contributed by atoms with Crippen LogP contribution in [0.4, 0.5) is 0 Å². The Kier molecular flexibility index (Phi) is 4.09. The molecule has 0 saturated carbocycles. The van der Waals surface area contributed by atoms with Crippen LogP contribution in [0.25, 0.3) is 0 Å². The zero-order valence-corrected chi connectivity index (χ0v) is 8.39. The second-order valence-corrected chi connectivity index (χ2v) is 4.40. The summed E-state index contributed by atoms with van der Waals surface area (Å²) in [6.07, 6.45) is 0. The van der Waals surface area contributed by atoms with Gasteiger partial charge in [-0.25, -0.2) is 0 Å². The molecule has 0 fully saturated rings. The lowest BCUT2D eigenvalue weighted by molar-refractivity contribution is -0.117. The van der Waals surface area contributed by atoms with Crippen LogP contribution in [0.3, 0.4) is 0 Å². The minimum absolute atomic E-state index is 0.294. The van der Waals surface area contributed by atoms with Gasteiger partial charge in [0.05, 0.1) is 5.75 Å². The van der Waals surface area contributed by atoms with E-state index in [1.54, 1.807) is 0 Å². The summed E-state index contributed by atoms with van der Waals surface area (Å²) < 4.78 is 29.2. The summed E-state index contributed by atoms with van der Waals surface area (Å²) in [5.74, 6) is -0.914. The van der Waals surface area contributed by atoms with Crippen LogP contribution >= 0.6 is 0 Å². The van der Waals surface area contributed by atoms with E-state index in [2.05, 4.69) is 11.9 Å². The van der Waals surface area contributed by atoms with Crippen LogP contribution in [-0.2, 0) is 14.9 Å². The van der Waals surface area contributed by atoms with Crippen molar-refractivity contribution < 1.29 is 17.8 Å². The third kappa shape index (κ3) is 6.30. The van der Waals surface area contributed by atoms with Crippen molar-refractivity contribution in [2.75, 3.05) is 5.75 Å². The van der Waals surface area contributed by atoms with Crippen molar-refractivity contribution in [2.45, 2.75) is 19.9 Å². The second kappa shape index (κ2) is 4.38. The largest absolute Gasteiger partial charge is 0.349 e. The maximum absolute atomic E-state index is 11.0. The SMILES string of the molecule is C=C(C)C(=O)N[C@H](C)CS(=O)(=O)O. The first-order valence-corrected chi connectivity index (χ1v) is 5.25. The summed E-state index contributed by atoms with van der Waals surface area (Å²) in [5.41, 5.74) is 0.294. The van der Waals surface area contributed by atoms with Gasteiger partial charge in [0.1, 0.15) is 0 Å². The molecular weight excluding hydrogens is 194 g/mol. The highest BCUT2D eigenvalue weighted by Gasteiger charge is 2.14. The molecule has 13 heavy (non-hydrogen) atoms. The molecule has 2 N–H and O–H groups in total. The molecule has 0 aromatic carbocycles. The number of hydrogen-bond acceptors (Lipinski definition) is 3. The average molecular weight is 207 g/mol. The number of amides is 1. The summed E-state index contributed by atoms with van der Waals surface area (Å²) in [6.45, 7) is 6.37. The van der Waals surface area contributed by atoms with E-state index < -0.39 is 27.8 Å². The standard InChI is InChI=1S/C7H13NO4S/c1-5(2)7(9)8-6(3)4-13(10,11)12/h6H,1,4H2,2-3H3,(H,8,9)(H,10,11,12)/t6-/m1/s1. The zero-order chi connectivity index (χ0) is 10.6. The fourth-order valence-electron chi connectivity index (χ4n) is 0.705. The van der Waals surface area contributed by atoms with Crippen LogP contribution in [0, 0.1) is 0 Å². The summed E-state index contributed by atoms with van der Waals surface area (Å²) in [6, 6.07) is -0.626. The molecule has 0 spiro atoms. The quantitative estimate of drug-likeness (QED) is 0.500. The Morgan fingerprint density at radius 1 is 1.62 bits per heavy atom. The third-order valence-corrected chi connectivity index (χ3v) is 2.15. The fourth-order valence-corrected chi connectivity index (χ4v) is 1.42. The third-order valence-electron chi connectivity index (χ3n) is 1.23. The molecule has 0 rings (SSSR count). The van der Waals surface area contributed by atoms with Crippen LogP contribution in [0.5, 0.6) is 0 Å². The maximum Gasteiger partial charge on any atom is 0.266 e. The minimum Gasteiger partial charge on any atom is -0.349 e. The van der Waals surface area contributed by atoms with E-state index in [9.17, 15) is 13.2 Å².